The number of hydrogen-bond acceptors (Lipinski definition) is 6. The van der Waals surface area contributed by atoms with E-state index in [2.05, 4.69) is 46.5 Å². The van der Waals surface area contributed by atoms with Gasteiger partial charge in [-0.2, -0.15) is 4.98 Å². The fraction of sp³-hybridized carbons (Fsp3) is 0.692. The van der Waals surface area contributed by atoms with E-state index in [-0.39, 0.29) is 11.5 Å². The lowest BCUT2D eigenvalue weighted by Crippen LogP contribution is -2.35. The Labute approximate surface area is 118 Å². The first-order valence-corrected chi connectivity index (χ1v) is 6.80. The molecule has 2 rings (SSSR count). The molecule has 2 heterocycles. The van der Waals surface area contributed by atoms with Crippen LogP contribution in [0, 0.1) is 0 Å². The van der Waals surface area contributed by atoms with Gasteiger partial charge in [0.1, 0.15) is 6.54 Å². The van der Waals surface area contributed by atoms with Crippen LogP contribution in [0.5, 0.6) is 0 Å². The second kappa shape index (κ2) is 5.70. The van der Waals surface area contributed by atoms with Crippen molar-refractivity contribution >= 4 is 0 Å². The molecule has 2 aromatic rings. The fourth-order valence-corrected chi connectivity index (χ4v) is 1.56. The SMILES string of the molecule is CC(C)c1nc(Cn2cc(CNC(C)(C)C)nn2)no1. The molecular formula is C13H22N6O. The van der Waals surface area contributed by atoms with Gasteiger partial charge in [-0.05, 0) is 20.8 Å². The molecule has 7 heteroatoms. The smallest absolute Gasteiger partial charge is 0.229 e. The predicted molar refractivity (Wildman–Crippen MR) is 74.1 cm³/mol. The normalized spacial score (nSPS) is 12.3. The van der Waals surface area contributed by atoms with Gasteiger partial charge in [-0.1, -0.05) is 24.2 Å². The van der Waals surface area contributed by atoms with Crippen LogP contribution in [-0.2, 0) is 13.1 Å². The van der Waals surface area contributed by atoms with E-state index in [9.17, 15) is 0 Å². The molecule has 0 amide bonds. The van der Waals surface area contributed by atoms with Crippen molar-refractivity contribution in [1.82, 2.24) is 30.5 Å². The average Bonchev–Trinajstić information content (AvgIpc) is 2.95. The zero-order valence-electron chi connectivity index (χ0n) is 12.7. The molecule has 2 aromatic heterocycles. The third-order valence-electron chi connectivity index (χ3n) is 2.67. The van der Waals surface area contributed by atoms with Gasteiger partial charge in [0.25, 0.3) is 0 Å². The van der Waals surface area contributed by atoms with E-state index in [0.717, 1.165) is 5.69 Å². The average molecular weight is 278 g/mol. The summed E-state index contributed by atoms with van der Waals surface area (Å²) in [6, 6.07) is 0. The molecular weight excluding hydrogens is 256 g/mol. The van der Waals surface area contributed by atoms with Gasteiger partial charge >= 0.3 is 0 Å². The monoisotopic (exact) mass is 278 g/mol. The van der Waals surface area contributed by atoms with Gasteiger partial charge in [0.2, 0.25) is 5.89 Å². The number of nitrogens with one attached hydrogen (secondary N) is 1. The molecule has 0 fully saturated rings. The zero-order valence-corrected chi connectivity index (χ0v) is 12.7. The number of rotatable bonds is 5. The van der Waals surface area contributed by atoms with Gasteiger partial charge < -0.3 is 9.84 Å². The predicted octanol–water partition coefficient (Wildman–Crippen LogP) is 1.72. The van der Waals surface area contributed by atoms with E-state index in [1.165, 1.54) is 0 Å². The standard InChI is InChI=1S/C13H22N6O/c1-9(2)12-15-11(17-20-12)8-19-7-10(16-18-19)6-14-13(3,4)5/h7,9,14H,6,8H2,1-5H3. The molecule has 0 aliphatic heterocycles. The summed E-state index contributed by atoms with van der Waals surface area (Å²) in [4.78, 5) is 4.32. The second-order valence-electron chi connectivity index (χ2n) is 6.21. The third kappa shape index (κ3) is 4.12. The van der Waals surface area contributed by atoms with Gasteiger partial charge in [-0.3, -0.25) is 0 Å². The van der Waals surface area contributed by atoms with Gasteiger partial charge in [0, 0.05) is 18.0 Å². The highest BCUT2D eigenvalue weighted by Crippen LogP contribution is 2.11. The first kappa shape index (κ1) is 14.6. The number of nitrogens with zero attached hydrogens (tertiary/aromatic N) is 5. The Bertz CT molecular complexity index is 551. The quantitative estimate of drug-likeness (QED) is 0.896. The minimum Gasteiger partial charge on any atom is -0.339 e. The van der Waals surface area contributed by atoms with Crippen LogP contribution in [-0.4, -0.2) is 30.7 Å². The molecule has 0 saturated heterocycles. The highest BCUT2D eigenvalue weighted by molar-refractivity contribution is 4.96. The lowest BCUT2D eigenvalue weighted by atomic mass is 10.1. The Morgan fingerprint density at radius 1 is 1.35 bits per heavy atom. The van der Waals surface area contributed by atoms with Crippen LogP contribution in [0.15, 0.2) is 10.7 Å². The Hall–Kier alpha value is -1.76. The van der Waals surface area contributed by atoms with Crippen molar-refractivity contribution in [1.29, 1.82) is 0 Å². The van der Waals surface area contributed by atoms with E-state index in [1.54, 1.807) is 4.68 Å². The topological polar surface area (TPSA) is 81.7 Å². The number of aromatic nitrogens is 5. The van der Waals surface area contributed by atoms with Gasteiger partial charge in [0.15, 0.2) is 5.82 Å². The third-order valence-corrected chi connectivity index (χ3v) is 2.67. The van der Waals surface area contributed by atoms with Crippen LogP contribution in [0.4, 0.5) is 0 Å². The van der Waals surface area contributed by atoms with Crippen molar-refractivity contribution in [2.24, 2.45) is 0 Å². The van der Waals surface area contributed by atoms with E-state index in [1.807, 2.05) is 20.0 Å². The van der Waals surface area contributed by atoms with Gasteiger partial charge in [0.05, 0.1) is 11.9 Å². The number of hydrogen-bond donors (Lipinski definition) is 1. The highest BCUT2D eigenvalue weighted by atomic mass is 16.5. The molecule has 0 spiro atoms. The largest absolute Gasteiger partial charge is 0.339 e. The lowest BCUT2D eigenvalue weighted by molar-refractivity contribution is 0.359. The van der Waals surface area contributed by atoms with E-state index < -0.39 is 0 Å². The van der Waals surface area contributed by atoms with Crippen LogP contribution in [0.1, 0.15) is 57.9 Å². The van der Waals surface area contributed by atoms with Crippen molar-refractivity contribution in [2.75, 3.05) is 0 Å². The maximum absolute atomic E-state index is 5.16. The molecule has 0 bridgehead atoms. The van der Waals surface area contributed by atoms with Crippen molar-refractivity contribution in [3.05, 3.63) is 23.6 Å². The molecule has 1 N–H and O–H groups in total. The van der Waals surface area contributed by atoms with Crippen LogP contribution >= 0.6 is 0 Å². The van der Waals surface area contributed by atoms with Gasteiger partial charge in [-0.15, -0.1) is 5.10 Å². The lowest BCUT2D eigenvalue weighted by Gasteiger charge is -2.19. The summed E-state index contributed by atoms with van der Waals surface area (Å²) >= 11 is 0. The van der Waals surface area contributed by atoms with Crippen molar-refractivity contribution in [2.45, 2.75) is 59.2 Å². The van der Waals surface area contributed by atoms with Crippen molar-refractivity contribution in [3.63, 3.8) is 0 Å². The van der Waals surface area contributed by atoms with Crippen LogP contribution in [0.3, 0.4) is 0 Å². The molecule has 0 aromatic carbocycles. The van der Waals surface area contributed by atoms with Crippen molar-refractivity contribution < 1.29 is 4.52 Å². The van der Waals surface area contributed by atoms with E-state index >= 15 is 0 Å². The molecule has 7 nitrogen and oxygen atoms in total. The highest BCUT2D eigenvalue weighted by Gasteiger charge is 2.12. The Morgan fingerprint density at radius 3 is 2.70 bits per heavy atom. The maximum Gasteiger partial charge on any atom is 0.229 e. The minimum absolute atomic E-state index is 0.0591. The van der Waals surface area contributed by atoms with Gasteiger partial charge in [-0.25, -0.2) is 4.68 Å². The first-order chi connectivity index (χ1) is 9.33. The Balaban J connectivity index is 1.95. The van der Waals surface area contributed by atoms with Crippen LogP contribution in [0.2, 0.25) is 0 Å². The summed E-state index contributed by atoms with van der Waals surface area (Å²) < 4.78 is 6.88. The van der Waals surface area contributed by atoms with E-state index in [4.69, 9.17) is 4.52 Å². The summed E-state index contributed by atoms with van der Waals surface area (Å²) in [7, 11) is 0. The zero-order chi connectivity index (χ0) is 14.8. The molecule has 110 valence electrons. The van der Waals surface area contributed by atoms with E-state index in [0.29, 0.717) is 24.8 Å². The molecule has 20 heavy (non-hydrogen) atoms. The molecule has 0 radical (unpaired) electrons. The Kier molecular flexibility index (Phi) is 4.17. The molecule has 0 unspecified atom stereocenters. The summed E-state index contributed by atoms with van der Waals surface area (Å²) in [5, 5.41) is 15.5. The fourth-order valence-electron chi connectivity index (χ4n) is 1.56. The first-order valence-electron chi connectivity index (χ1n) is 6.80. The summed E-state index contributed by atoms with van der Waals surface area (Å²) in [5.41, 5.74) is 0.955. The summed E-state index contributed by atoms with van der Waals surface area (Å²) in [6.45, 7) is 11.5. The van der Waals surface area contributed by atoms with Crippen molar-refractivity contribution in [3.8, 4) is 0 Å². The molecule has 0 atom stereocenters. The molecule has 0 aliphatic rings. The molecule has 0 saturated carbocycles. The molecule has 0 aliphatic carbocycles. The van der Waals surface area contributed by atoms with Crippen LogP contribution in [0.25, 0.3) is 0 Å². The van der Waals surface area contributed by atoms with Crippen LogP contribution < -0.4 is 5.32 Å². The summed E-state index contributed by atoms with van der Waals surface area (Å²) in [6.07, 6.45) is 1.89. The Morgan fingerprint density at radius 2 is 2.10 bits per heavy atom. The minimum atomic E-state index is 0.0591. The maximum atomic E-state index is 5.16. The second-order valence-corrected chi connectivity index (χ2v) is 6.21. The summed E-state index contributed by atoms with van der Waals surface area (Å²) in [5.74, 6) is 1.50.